The van der Waals surface area contributed by atoms with E-state index in [9.17, 15) is 5.11 Å². The highest BCUT2D eigenvalue weighted by Crippen LogP contribution is 2.26. The number of thiophene rings is 1. The first kappa shape index (κ1) is 15.7. The van der Waals surface area contributed by atoms with Crippen LogP contribution in [0.5, 0.6) is 0 Å². The predicted octanol–water partition coefficient (Wildman–Crippen LogP) is 3.38. The maximum Gasteiger partial charge on any atom is 0.0897 e. The van der Waals surface area contributed by atoms with E-state index in [1.807, 2.05) is 17.5 Å². The molecule has 2 heterocycles. The van der Waals surface area contributed by atoms with E-state index in [2.05, 4.69) is 36.1 Å². The lowest BCUT2D eigenvalue weighted by Gasteiger charge is -2.36. The molecule has 0 amide bonds. The SMILES string of the molecule is Cc1ccc(CN2CCOCC2CC(O)c2cccs2)cc1. The molecule has 2 aromatic rings. The number of hydrogen-bond acceptors (Lipinski definition) is 4. The second kappa shape index (κ2) is 7.38. The molecule has 3 nitrogen and oxygen atoms in total. The molecule has 0 spiro atoms. The Kier molecular flexibility index (Phi) is 5.26. The van der Waals surface area contributed by atoms with E-state index in [0.717, 1.165) is 31.0 Å². The van der Waals surface area contributed by atoms with Gasteiger partial charge >= 0.3 is 0 Å². The van der Waals surface area contributed by atoms with Crippen LogP contribution in [0.4, 0.5) is 0 Å². The first-order chi connectivity index (χ1) is 10.7. The van der Waals surface area contributed by atoms with Gasteiger partial charge in [-0.3, -0.25) is 4.90 Å². The second-order valence-electron chi connectivity index (χ2n) is 5.95. The third-order valence-corrected chi connectivity index (χ3v) is 5.20. The number of aliphatic hydroxyl groups excluding tert-OH is 1. The van der Waals surface area contributed by atoms with Gasteiger partial charge in [0.05, 0.1) is 19.3 Å². The van der Waals surface area contributed by atoms with Crippen molar-refractivity contribution in [2.24, 2.45) is 0 Å². The number of morpholine rings is 1. The molecule has 2 atom stereocenters. The monoisotopic (exact) mass is 317 g/mol. The van der Waals surface area contributed by atoms with Crippen molar-refractivity contribution in [1.82, 2.24) is 4.90 Å². The van der Waals surface area contributed by atoms with Crippen molar-refractivity contribution in [3.63, 3.8) is 0 Å². The fourth-order valence-electron chi connectivity index (χ4n) is 2.90. The van der Waals surface area contributed by atoms with Crippen molar-refractivity contribution in [1.29, 1.82) is 0 Å². The van der Waals surface area contributed by atoms with E-state index in [1.165, 1.54) is 11.1 Å². The Labute approximate surface area is 136 Å². The second-order valence-corrected chi connectivity index (χ2v) is 6.93. The molecule has 0 radical (unpaired) electrons. The number of nitrogens with zero attached hydrogens (tertiary/aromatic N) is 1. The summed E-state index contributed by atoms with van der Waals surface area (Å²) in [6, 6.07) is 13.0. The summed E-state index contributed by atoms with van der Waals surface area (Å²) in [5, 5.41) is 12.4. The fraction of sp³-hybridized carbons (Fsp3) is 0.444. The Bertz CT molecular complexity index is 567. The van der Waals surface area contributed by atoms with Gasteiger partial charge in [0, 0.05) is 24.0 Å². The molecule has 0 saturated carbocycles. The zero-order valence-corrected chi connectivity index (χ0v) is 13.8. The lowest BCUT2D eigenvalue weighted by molar-refractivity contribution is -0.0296. The first-order valence-corrected chi connectivity index (χ1v) is 8.69. The molecule has 118 valence electrons. The Balaban J connectivity index is 1.64. The molecule has 1 N–H and O–H groups in total. The number of aryl methyl sites for hydroxylation is 1. The molecule has 3 rings (SSSR count). The molecule has 22 heavy (non-hydrogen) atoms. The van der Waals surface area contributed by atoms with Gasteiger partial charge in [-0.1, -0.05) is 35.9 Å². The molecule has 1 fully saturated rings. The van der Waals surface area contributed by atoms with Crippen molar-refractivity contribution in [2.45, 2.75) is 32.0 Å². The van der Waals surface area contributed by atoms with Crippen LogP contribution in [0.3, 0.4) is 0 Å². The van der Waals surface area contributed by atoms with Crippen molar-refractivity contribution < 1.29 is 9.84 Å². The van der Waals surface area contributed by atoms with Gasteiger partial charge in [0.2, 0.25) is 0 Å². The van der Waals surface area contributed by atoms with Crippen LogP contribution in [0.15, 0.2) is 41.8 Å². The van der Waals surface area contributed by atoms with Gasteiger partial charge in [-0.2, -0.15) is 0 Å². The van der Waals surface area contributed by atoms with Crippen LogP contribution in [-0.4, -0.2) is 35.8 Å². The van der Waals surface area contributed by atoms with Crippen molar-refractivity contribution in [3.05, 3.63) is 57.8 Å². The van der Waals surface area contributed by atoms with Crippen LogP contribution in [0.25, 0.3) is 0 Å². The average molecular weight is 317 g/mol. The number of hydrogen-bond donors (Lipinski definition) is 1. The van der Waals surface area contributed by atoms with E-state index in [0.29, 0.717) is 6.61 Å². The van der Waals surface area contributed by atoms with Crippen LogP contribution in [0, 0.1) is 6.92 Å². The molecule has 0 bridgehead atoms. The Morgan fingerprint density at radius 2 is 2.14 bits per heavy atom. The molecule has 2 unspecified atom stereocenters. The van der Waals surface area contributed by atoms with Crippen LogP contribution >= 0.6 is 11.3 Å². The Hall–Kier alpha value is -1.20. The molecular weight excluding hydrogens is 294 g/mol. The summed E-state index contributed by atoms with van der Waals surface area (Å²) >= 11 is 1.62. The average Bonchev–Trinajstić information content (AvgIpc) is 3.06. The molecule has 1 aromatic carbocycles. The van der Waals surface area contributed by atoms with E-state index >= 15 is 0 Å². The zero-order chi connectivity index (χ0) is 15.4. The maximum atomic E-state index is 10.4. The zero-order valence-electron chi connectivity index (χ0n) is 12.9. The molecule has 4 heteroatoms. The van der Waals surface area contributed by atoms with Crippen LogP contribution < -0.4 is 0 Å². The summed E-state index contributed by atoms with van der Waals surface area (Å²) in [6.07, 6.45) is 0.332. The summed E-state index contributed by atoms with van der Waals surface area (Å²) in [4.78, 5) is 3.48. The van der Waals surface area contributed by atoms with Gasteiger partial charge in [0.25, 0.3) is 0 Å². The van der Waals surface area contributed by atoms with E-state index in [1.54, 1.807) is 11.3 Å². The van der Waals surface area contributed by atoms with Crippen LogP contribution in [0.1, 0.15) is 28.5 Å². The minimum atomic E-state index is -0.396. The topological polar surface area (TPSA) is 32.7 Å². The largest absolute Gasteiger partial charge is 0.388 e. The molecule has 1 saturated heterocycles. The van der Waals surface area contributed by atoms with E-state index < -0.39 is 6.10 Å². The minimum absolute atomic E-state index is 0.271. The maximum absolute atomic E-state index is 10.4. The first-order valence-electron chi connectivity index (χ1n) is 7.81. The van der Waals surface area contributed by atoms with Gasteiger partial charge in [-0.05, 0) is 30.4 Å². The standard InChI is InChI=1S/C18H23NO2S/c1-14-4-6-15(7-5-14)12-19-8-9-21-13-16(19)11-17(20)18-3-2-10-22-18/h2-7,10,16-17,20H,8-9,11-13H2,1H3. The summed E-state index contributed by atoms with van der Waals surface area (Å²) in [5.74, 6) is 0. The normalized spacial score (nSPS) is 20.9. The molecule has 1 aromatic heterocycles. The van der Waals surface area contributed by atoms with Crippen LogP contribution in [0.2, 0.25) is 0 Å². The molecular formula is C18H23NO2S. The number of ether oxygens (including phenoxy) is 1. The molecule has 1 aliphatic heterocycles. The fourth-order valence-corrected chi connectivity index (χ4v) is 3.62. The summed E-state index contributed by atoms with van der Waals surface area (Å²) in [7, 11) is 0. The number of aliphatic hydroxyl groups is 1. The number of benzene rings is 1. The third-order valence-electron chi connectivity index (χ3n) is 4.22. The predicted molar refractivity (Wildman–Crippen MR) is 90.1 cm³/mol. The molecule has 0 aliphatic carbocycles. The Morgan fingerprint density at radius 3 is 2.86 bits per heavy atom. The van der Waals surface area contributed by atoms with E-state index in [4.69, 9.17) is 4.74 Å². The van der Waals surface area contributed by atoms with Gasteiger partial charge in [0.1, 0.15) is 0 Å². The highest BCUT2D eigenvalue weighted by atomic mass is 32.1. The van der Waals surface area contributed by atoms with Gasteiger partial charge < -0.3 is 9.84 Å². The quantitative estimate of drug-likeness (QED) is 0.917. The highest BCUT2D eigenvalue weighted by Gasteiger charge is 2.26. The smallest absolute Gasteiger partial charge is 0.0897 e. The summed E-state index contributed by atoms with van der Waals surface area (Å²) in [5.41, 5.74) is 2.61. The van der Waals surface area contributed by atoms with Gasteiger partial charge in [0.15, 0.2) is 0 Å². The summed E-state index contributed by atoms with van der Waals surface area (Å²) in [6.45, 7) is 5.44. The van der Waals surface area contributed by atoms with Crippen molar-refractivity contribution in [3.8, 4) is 0 Å². The minimum Gasteiger partial charge on any atom is -0.388 e. The van der Waals surface area contributed by atoms with Crippen molar-refractivity contribution >= 4 is 11.3 Å². The van der Waals surface area contributed by atoms with Crippen molar-refractivity contribution in [2.75, 3.05) is 19.8 Å². The molecule has 1 aliphatic rings. The van der Waals surface area contributed by atoms with Crippen LogP contribution in [-0.2, 0) is 11.3 Å². The summed E-state index contributed by atoms with van der Waals surface area (Å²) < 4.78 is 5.64. The van der Waals surface area contributed by atoms with Gasteiger partial charge in [-0.15, -0.1) is 11.3 Å². The highest BCUT2D eigenvalue weighted by molar-refractivity contribution is 7.10. The third kappa shape index (κ3) is 3.96. The van der Waals surface area contributed by atoms with Gasteiger partial charge in [-0.25, -0.2) is 0 Å². The Morgan fingerprint density at radius 1 is 1.32 bits per heavy atom. The van der Waals surface area contributed by atoms with E-state index in [-0.39, 0.29) is 6.04 Å². The number of rotatable bonds is 5. The lowest BCUT2D eigenvalue weighted by Crippen LogP contribution is -2.45. The lowest BCUT2D eigenvalue weighted by atomic mass is 10.0.